The summed E-state index contributed by atoms with van der Waals surface area (Å²) in [4.78, 5) is 10.9. The Morgan fingerprint density at radius 2 is 1.87 bits per heavy atom. The zero-order valence-corrected chi connectivity index (χ0v) is 12.7. The van der Waals surface area contributed by atoms with E-state index in [1.165, 1.54) is 0 Å². The van der Waals surface area contributed by atoms with Gasteiger partial charge in [0.05, 0.1) is 8.07 Å². The minimum atomic E-state index is -1.21. The van der Waals surface area contributed by atoms with Crippen LogP contribution in [0.25, 0.3) is 0 Å². The number of carbonyl (C=O) groups excluding carboxylic acids is 1. The number of thioether (sulfide) groups is 1. The molecule has 0 aliphatic rings. The van der Waals surface area contributed by atoms with Crippen LogP contribution in [-0.2, 0) is 4.79 Å². The van der Waals surface area contributed by atoms with Gasteiger partial charge >= 0.3 is 0 Å². The van der Waals surface area contributed by atoms with E-state index >= 15 is 0 Å². The Bertz CT molecular complexity index is 238. The Balaban J connectivity index is 4.34. The lowest BCUT2D eigenvalue weighted by atomic mass is 10.2. The predicted molar refractivity (Wildman–Crippen MR) is 74.0 cm³/mol. The summed E-state index contributed by atoms with van der Waals surface area (Å²) >= 11 is 1.89. The molecule has 0 saturated carbocycles. The van der Waals surface area contributed by atoms with E-state index in [9.17, 15) is 4.79 Å². The molecule has 0 saturated heterocycles. The lowest BCUT2D eigenvalue weighted by molar-refractivity contribution is -0.116. The van der Waals surface area contributed by atoms with Crippen molar-refractivity contribution >= 4 is 25.6 Å². The number of hydrogen-bond acceptors (Lipinski definition) is 2. The molecule has 0 rings (SSSR count). The molecule has 15 heavy (non-hydrogen) atoms. The van der Waals surface area contributed by atoms with Crippen LogP contribution in [-0.4, -0.2) is 19.6 Å². The van der Waals surface area contributed by atoms with Crippen molar-refractivity contribution in [3.8, 4) is 0 Å². The van der Waals surface area contributed by atoms with Gasteiger partial charge in [0.15, 0.2) is 0 Å². The van der Waals surface area contributed by atoms with Gasteiger partial charge in [-0.25, -0.2) is 0 Å². The van der Waals surface area contributed by atoms with Crippen LogP contribution in [0.3, 0.4) is 0 Å². The smallest absolute Gasteiger partial charge is 0.130 e. The molecule has 0 aromatic heterocycles. The van der Waals surface area contributed by atoms with Gasteiger partial charge in [0.1, 0.15) is 5.78 Å². The normalized spacial score (nSPS) is 13.4. The van der Waals surface area contributed by atoms with Gasteiger partial charge in [-0.1, -0.05) is 39.6 Å². The second kappa shape index (κ2) is 6.54. The quantitative estimate of drug-likeness (QED) is 0.654. The highest BCUT2D eigenvalue weighted by atomic mass is 32.2. The minimum absolute atomic E-state index is 0.293. The summed E-state index contributed by atoms with van der Waals surface area (Å²) in [7, 11) is -1.21. The van der Waals surface area contributed by atoms with Gasteiger partial charge in [-0.2, -0.15) is 0 Å². The molecule has 3 heteroatoms. The van der Waals surface area contributed by atoms with Crippen LogP contribution < -0.4 is 0 Å². The fourth-order valence-corrected chi connectivity index (χ4v) is 4.97. The minimum Gasteiger partial charge on any atom is -0.300 e. The van der Waals surface area contributed by atoms with E-state index in [1.54, 1.807) is 11.5 Å². The van der Waals surface area contributed by atoms with E-state index < -0.39 is 8.07 Å². The zero-order chi connectivity index (χ0) is 12.1. The van der Waals surface area contributed by atoms with Crippen molar-refractivity contribution < 1.29 is 4.79 Å². The molecule has 0 bridgehead atoms. The van der Waals surface area contributed by atoms with Gasteiger partial charge in [-0.3, -0.25) is 4.79 Å². The lowest BCUT2D eigenvalue weighted by Gasteiger charge is -2.21. The van der Waals surface area contributed by atoms with E-state index in [0.717, 1.165) is 5.75 Å². The third-order valence-corrected chi connectivity index (χ3v) is 6.71. The van der Waals surface area contributed by atoms with Crippen LogP contribution in [0.5, 0.6) is 0 Å². The van der Waals surface area contributed by atoms with E-state index in [0.29, 0.717) is 18.1 Å². The third kappa shape index (κ3) is 7.85. The van der Waals surface area contributed by atoms with Gasteiger partial charge in [0, 0.05) is 12.2 Å². The summed E-state index contributed by atoms with van der Waals surface area (Å²) in [6.07, 6.45) is 3.07. The van der Waals surface area contributed by atoms with E-state index in [-0.39, 0.29) is 0 Å². The molecule has 0 heterocycles. The molecule has 0 radical (unpaired) electrons. The van der Waals surface area contributed by atoms with Crippen molar-refractivity contribution in [1.29, 1.82) is 0 Å². The van der Waals surface area contributed by atoms with Gasteiger partial charge < -0.3 is 0 Å². The average Bonchev–Trinajstić information content (AvgIpc) is 1.99. The summed E-state index contributed by atoms with van der Waals surface area (Å²) in [6, 6.07) is 0. The van der Waals surface area contributed by atoms with Crippen LogP contribution in [0.15, 0.2) is 10.6 Å². The standard InChI is InChI=1S/C12H24OSSi/c1-10(2)9-12(15(4,5)6)14-8-7-11(3)13/h9-10H,7-8H2,1-6H3/b12-9+. The molecule has 0 aliphatic carbocycles. The van der Waals surface area contributed by atoms with Crippen molar-refractivity contribution in [2.45, 2.75) is 46.8 Å². The number of hydrogen-bond donors (Lipinski definition) is 0. The lowest BCUT2D eigenvalue weighted by Crippen LogP contribution is -2.23. The summed E-state index contributed by atoms with van der Waals surface area (Å²) in [5.74, 6) is 1.84. The molecule has 0 aromatic rings. The van der Waals surface area contributed by atoms with E-state index in [1.807, 2.05) is 11.8 Å². The number of ketones is 1. The maximum Gasteiger partial charge on any atom is 0.130 e. The number of rotatable bonds is 6. The summed E-state index contributed by atoms with van der Waals surface area (Å²) in [5.41, 5.74) is 0. The number of allylic oxidation sites excluding steroid dienone is 1. The van der Waals surface area contributed by atoms with Crippen molar-refractivity contribution in [3.05, 3.63) is 10.6 Å². The van der Waals surface area contributed by atoms with Crippen LogP contribution >= 0.6 is 11.8 Å². The fraction of sp³-hybridized carbons (Fsp3) is 0.750. The molecular weight excluding hydrogens is 220 g/mol. The van der Waals surface area contributed by atoms with E-state index in [4.69, 9.17) is 0 Å². The second-order valence-corrected chi connectivity index (χ2v) is 11.9. The third-order valence-electron chi connectivity index (χ3n) is 1.94. The largest absolute Gasteiger partial charge is 0.300 e. The topological polar surface area (TPSA) is 17.1 Å². The Kier molecular flexibility index (Phi) is 6.53. The highest BCUT2D eigenvalue weighted by molar-refractivity contribution is 8.05. The molecule has 0 unspecified atom stereocenters. The van der Waals surface area contributed by atoms with Crippen molar-refractivity contribution in [1.82, 2.24) is 0 Å². The fourth-order valence-electron chi connectivity index (χ4n) is 1.12. The van der Waals surface area contributed by atoms with Crippen LogP contribution in [0.2, 0.25) is 19.6 Å². The van der Waals surface area contributed by atoms with Crippen LogP contribution in [0, 0.1) is 5.92 Å². The Morgan fingerprint density at radius 1 is 1.33 bits per heavy atom. The van der Waals surface area contributed by atoms with E-state index in [2.05, 4.69) is 39.6 Å². The molecule has 1 nitrogen and oxygen atoms in total. The van der Waals surface area contributed by atoms with Gasteiger partial charge in [0.2, 0.25) is 0 Å². The molecule has 0 N–H and O–H groups in total. The van der Waals surface area contributed by atoms with Crippen molar-refractivity contribution in [3.63, 3.8) is 0 Å². The Hall–Kier alpha value is -0.0231. The zero-order valence-electron chi connectivity index (χ0n) is 10.9. The maximum atomic E-state index is 10.9. The van der Waals surface area contributed by atoms with Crippen molar-refractivity contribution in [2.75, 3.05) is 5.75 Å². The molecule has 0 spiro atoms. The predicted octanol–water partition coefficient (Wildman–Crippen LogP) is 4.12. The van der Waals surface area contributed by atoms with Gasteiger partial charge in [0.25, 0.3) is 0 Å². The first-order valence-corrected chi connectivity index (χ1v) is 10.1. The van der Waals surface area contributed by atoms with Crippen LogP contribution in [0.1, 0.15) is 27.2 Å². The molecule has 88 valence electrons. The average molecular weight is 244 g/mol. The SMILES string of the molecule is CC(=O)CCS/C(=C\C(C)C)[Si](C)(C)C. The molecule has 0 amide bonds. The summed E-state index contributed by atoms with van der Waals surface area (Å²) in [6.45, 7) is 13.2. The first-order valence-electron chi connectivity index (χ1n) is 5.58. The molecule has 0 fully saturated rings. The van der Waals surface area contributed by atoms with Crippen LogP contribution in [0.4, 0.5) is 0 Å². The number of carbonyl (C=O) groups is 1. The Morgan fingerprint density at radius 3 is 2.20 bits per heavy atom. The number of Topliss-reactive ketones (excluding diaryl/α,β-unsaturated/α-hetero) is 1. The highest BCUT2D eigenvalue weighted by Crippen LogP contribution is 2.28. The monoisotopic (exact) mass is 244 g/mol. The first-order chi connectivity index (χ1) is 6.73. The Labute approximate surface area is 99.7 Å². The highest BCUT2D eigenvalue weighted by Gasteiger charge is 2.20. The summed E-state index contributed by atoms with van der Waals surface area (Å²) in [5, 5.41) is 0. The van der Waals surface area contributed by atoms with Gasteiger partial charge in [-0.15, -0.1) is 11.8 Å². The molecule has 0 atom stereocenters. The van der Waals surface area contributed by atoms with Crippen molar-refractivity contribution in [2.24, 2.45) is 5.92 Å². The van der Waals surface area contributed by atoms with Gasteiger partial charge in [-0.05, 0) is 17.4 Å². The second-order valence-electron chi connectivity index (χ2n) is 5.33. The maximum absolute atomic E-state index is 10.9. The molecule has 0 aliphatic heterocycles. The molecule has 0 aromatic carbocycles. The summed E-state index contributed by atoms with van der Waals surface area (Å²) < 4.78 is 1.54. The first kappa shape index (κ1) is 15.0. The molecular formula is C12H24OSSi.